The van der Waals surface area contributed by atoms with Crippen molar-refractivity contribution in [3.8, 4) is 6.07 Å². The molecule has 0 heterocycles. The zero-order valence-electron chi connectivity index (χ0n) is 6.80. The Morgan fingerprint density at radius 3 is 2.73 bits per heavy atom. The minimum Gasteiger partial charge on any atom is -0.392 e. The van der Waals surface area contributed by atoms with Gasteiger partial charge < -0.3 is 10.4 Å². The highest BCUT2D eigenvalue weighted by molar-refractivity contribution is 5.10. The second-order valence-corrected chi connectivity index (χ2v) is 3.31. The molecule has 0 aromatic carbocycles. The van der Waals surface area contributed by atoms with E-state index in [9.17, 15) is 5.11 Å². The van der Waals surface area contributed by atoms with E-state index in [0.29, 0.717) is 13.0 Å². The Balaban J connectivity index is 2.25. The largest absolute Gasteiger partial charge is 0.392 e. The van der Waals surface area contributed by atoms with Gasteiger partial charge in [0.05, 0.1) is 17.6 Å². The van der Waals surface area contributed by atoms with Crippen LogP contribution in [-0.4, -0.2) is 24.8 Å². The van der Waals surface area contributed by atoms with Crippen LogP contribution >= 0.6 is 0 Å². The van der Waals surface area contributed by atoms with E-state index in [1.165, 1.54) is 0 Å². The smallest absolute Gasteiger partial charge is 0.0690 e. The standard InChI is InChI=1S/C8H14N2O/c1-10-5-7(11)4-8(6-9)2-3-8/h7,10-11H,2-5H2,1H3/t7-/m0/s1. The van der Waals surface area contributed by atoms with E-state index in [1.807, 2.05) is 0 Å². The highest BCUT2D eigenvalue weighted by atomic mass is 16.3. The van der Waals surface area contributed by atoms with Crippen molar-refractivity contribution in [1.29, 1.82) is 5.26 Å². The van der Waals surface area contributed by atoms with Crippen molar-refractivity contribution < 1.29 is 5.11 Å². The number of nitriles is 1. The van der Waals surface area contributed by atoms with Gasteiger partial charge in [-0.25, -0.2) is 0 Å². The molecule has 0 aliphatic heterocycles. The Bertz CT molecular complexity index is 169. The summed E-state index contributed by atoms with van der Waals surface area (Å²) >= 11 is 0. The zero-order chi connectivity index (χ0) is 8.32. The summed E-state index contributed by atoms with van der Waals surface area (Å²) in [6.45, 7) is 0.587. The number of nitrogens with zero attached hydrogens (tertiary/aromatic N) is 1. The molecule has 0 radical (unpaired) electrons. The maximum absolute atomic E-state index is 9.34. The number of likely N-dealkylation sites (N-methyl/N-ethyl adjacent to an activating group) is 1. The number of aliphatic hydroxyl groups is 1. The summed E-state index contributed by atoms with van der Waals surface area (Å²) in [7, 11) is 1.80. The molecule has 3 heteroatoms. The predicted molar refractivity (Wildman–Crippen MR) is 41.8 cm³/mol. The van der Waals surface area contributed by atoms with Gasteiger partial charge in [-0.1, -0.05) is 0 Å². The summed E-state index contributed by atoms with van der Waals surface area (Å²) in [5, 5.41) is 20.9. The SMILES string of the molecule is CNC[C@@H](O)CC1(C#N)CC1. The Morgan fingerprint density at radius 1 is 1.73 bits per heavy atom. The molecule has 1 rings (SSSR count). The van der Waals surface area contributed by atoms with Gasteiger partial charge in [0.2, 0.25) is 0 Å². The highest BCUT2D eigenvalue weighted by Crippen LogP contribution is 2.48. The molecule has 0 aromatic rings. The molecule has 0 spiro atoms. The fourth-order valence-electron chi connectivity index (χ4n) is 1.27. The quantitative estimate of drug-likeness (QED) is 0.610. The summed E-state index contributed by atoms with van der Waals surface area (Å²) in [4.78, 5) is 0. The minimum atomic E-state index is -0.359. The Kier molecular flexibility index (Phi) is 2.48. The average Bonchev–Trinajstić information content (AvgIpc) is 2.70. The van der Waals surface area contributed by atoms with Crippen molar-refractivity contribution in [2.45, 2.75) is 25.4 Å². The van der Waals surface area contributed by atoms with Gasteiger partial charge in [-0.15, -0.1) is 0 Å². The predicted octanol–water partition coefficient (Wildman–Crippen LogP) is 0.261. The van der Waals surface area contributed by atoms with Gasteiger partial charge in [0, 0.05) is 6.54 Å². The van der Waals surface area contributed by atoms with Crippen LogP contribution < -0.4 is 5.32 Å². The topological polar surface area (TPSA) is 56.0 Å². The van der Waals surface area contributed by atoms with E-state index >= 15 is 0 Å². The van der Waals surface area contributed by atoms with Crippen molar-refractivity contribution >= 4 is 0 Å². The van der Waals surface area contributed by atoms with Gasteiger partial charge >= 0.3 is 0 Å². The van der Waals surface area contributed by atoms with Crippen LogP contribution in [-0.2, 0) is 0 Å². The maximum atomic E-state index is 9.34. The van der Waals surface area contributed by atoms with Crippen molar-refractivity contribution in [3.63, 3.8) is 0 Å². The minimum absolute atomic E-state index is 0.170. The normalized spacial score (nSPS) is 22.3. The van der Waals surface area contributed by atoms with Crippen LogP contribution in [0, 0.1) is 16.7 Å². The lowest BCUT2D eigenvalue weighted by atomic mass is 10.0. The number of rotatable bonds is 4. The number of nitrogens with one attached hydrogen (secondary N) is 1. The first-order chi connectivity index (χ1) is 5.22. The van der Waals surface area contributed by atoms with Crippen LogP contribution in [0.2, 0.25) is 0 Å². The summed E-state index contributed by atoms with van der Waals surface area (Å²) in [5.41, 5.74) is -0.170. The first kappa shape index (κ1) is 8.51. The molecule has 1 saturated carbocycles. The van der Waals surface area contributed by atoms with Gasteiger partial charge in [-0.05, 0) is 26.3 Å². The van der Waals surface area contributed by atoms with Crippen LogP contribution in [0.4, 0.5) is 0 Å². The van der Waals surface area contributed by atoms with Crippen molar-refractivity contribution in [2.24, 2.45) is 5.41 Å². The zero-order valence-corrected chi connectivity index (χ0v) is 6.80. The molecule has 62 valence electrons. The molecule has 2 N–H and O–H groups in total. The van der Waals surface area contributed by atoms with Gasteiger partial charge in [0.15, 0.2) is 0 Å². The van der Waals surface area contributed by atoms with Gasteiger partial charge in [-0.2, -0.15) is 5.26 Å². The van der Waals surface area contributed by atoms with E-state index in [-0.39, 0.29) is 11.5 Å². The van der Waals surface area contributed by atoms with Gasteiger partial charge in [0.25, 0.3) is 0 Å². The molecule has 0 aromatic heterocycles. The summed E-state index contributed by atoms with van der Waals surface area (Å²) < 4.78 is 0. The second-order valence-electron chi connectivity index (χ2n) is 3.31. The molecule has 1 aliphatic carbocycles. The van der Waals surface area contributed by atoms with E-state index in [1.54, 1.807) is 7.05 Å². The molecule has 0 amide bonds. The van der Waals surface area contributed by atoms with Crippen LogP contribution in [0.1, 0.15) is 19.3 Å². The van der Waals surface area contributed by atoms with Crippen molar-refractivity contribution in [1.82, 2.24) is 5.32 Å². The van der Waals surface area contributed by atoms with E-state index in [2.05, 4.69) is 11.4 Å². The highest BCUT2D eigenvalue weighted by Gasteiger charge is 2.44. The van der Waals surface area contributed by atoms with Crippen molar-refractivity contribution in [3.05, 3.63) is 0 Å². The maximum Gasteiger partial charge on any atom is 0.0690 e. The van der Waals surface area contributed by atoms with E-state index in [4.69, 9.17) is 5.26 Å². The second kappa shape index (κ2) is 3.21. The van der Waals surface area contributed by atoms with E-state index in [0.717, 1.165) is 12.8 Å². The third kappa shape index (κ3) is 2.18. The molecule has 0 saturated heterocycles. The van der Waals surface area contributed by atoms with Crippen LogP contribution in [0.3, 0.4) is 0 Å². The molecule has 1 aliphatic rings. The molecule has 1 atom stereocenters. The number of aliphatic hydroxyl groups excluding tert-OH is 1. The molecule has 0 bridgehead atoms. The monoisotopic (exact) mass is 154 g/mol. The number of hydrogen-bond donors (Lipinski definition) is 2. The Labute approximate surface area is 67.0 Å². The van der Waals surface area contributed by atoms with Gasteiger partial charge in [-0.3, -0.25) is 0 Å². The van der Waals surface area contributed by atoms with Crippen LogP contribution in [0.25, 0.3) is 0 Å². The molecule has 1 fully saturated rings. The Hall–Kier alpha value is -0.590. The molecular formula is C8H14N2O. The average molecular weight is 154 g/mol. The number of hydrogen-bond acceptors (Lipinski definition) is 3. The third-order valence-electron chi connectivity index (χ3n) is 2.16. The van der Waals surface area contributed by atoms with Crippen LogP contribution in [0.5, 0.6) is 0 Å². The first-order valence-electron chi connectivity index (χ1n) is 3.96. The fourth-order valence-corrected chi connectivity index (χ4v) is 1.27. The molecular weight excluding hydrogens is 140 g/mol. The summed E-state index contributed by atoms with van der Waals surface area (Å²) in [5.74, 6) is 0. The third-order valence-corrected chi connectivity index (χ3v) is 2.16. The first-order valence-corrected chi connectivity index (χ1v) is 3.96. The Morgan fingerprint density at radius 2 is 2.36 bits per heavy atom. The molecule has 0 unspecified atom stereocenters. The van der Waals surface area contributed by atoms with E-state index < -0.39 is 0 Å². The van der Waals surface area contributed by atoms with Gasteiger partial charge in [0.1, 0.15) is 0 Å². The molecule has 11 heavy (non-hydrogen) atoms. The lowest BCUT2D eigenvalue weighted by Crippen LogP contribution is -2.25. The lowest BCUT2D eigenvalue weighted by Gasteiger charge is -2.11. The summed E-state index contributed by atoms with van der Waals surface area (Å²) in [6, 6.07) is 2.25. The van der Waals surface area contributed by atoms with Crippen molar-refractivity contribution in [2.75, 3.05) is 13.6 Å². The molecule has 3 nitrogen and oxygen atoms in total. The summed E-state index contributed by atoms with van der Waals surface area (Å²) in [6.07, 6.45) is 2.20. The van der Waals surface area contributed by atoms with Crippen LogP contribution in [0.15, 0.2) is 0 Å². The lowest BCUT2D eigenvalue weighted by molar-refractivity contribution is 0.147. The fraction of sp³-hybridized carbons (Fsp3) is 0.875.